The maximum absolute atomic E-state index is 12.8. The molecule has 0 unspecified atom stereocenters. The Morgan fingerprint density at radius 3 is 2.85 bits per heavy atom. The first kappa shape index (κ1) is 8.26. The molecule has 0 fully saturated rings. The summed E-state index contributed by atoms with van der Waals surface area (Å²) >= 11 is 5.87. The van der Waals surface area contributed by atoms with Crippen molar-refractivity contribution in [3.8, 4) is 11.3 Å². The molecule has 0 radical (unpaired) electrons. The number of nitrogens with one attached hydrogen (secondary N) is 1. The fraction of sp³-hybridized carbons (Fsp3) is 0. The van der Waals surface area contributed by atoms with Crippen molar-refractivity contribution in [3.05, 3.63) is 41.3 Å². The summed E-state index contributed by atoms with van der Waals surface area (Å²) in [4.78, 5) is 0. The van der Waals surface area contributed by atoms with E-state index < -0.39 is 0 Å². The highest BCUT2D eigenvalue weighted by atomic mass is 35.5. The molecule has 0 aliphatic rings. The van der Waals surface area contributed by atoms with Gasteiger partial charge in [-0.15, -0.1) is 0 Å². The fourth-order valence-corrected chi connectivity index (χ4v) is 1.33. The van der Waals surface area contributed by atoms with Crippen LogP contribution in [0.4, 0.5) is 4.39 Å². The highest BCUT2D eigenvalue weighted by Crippen LogP contribution is 2.26. The van der Waals surface area contributed by atoms with E-state index in [2.05, 4.69) is 10.2 Å². The number of rotatable bonds is 1. The summed E-state index contributed by atoms with van der Waals surface area (Å²) in [5.74, 6) is -0.311. The molecule has 13 heavy (non-hydrogen) atoms. The van der Waals surface area contributed by atoms with Gasteiger partial charge in [-0.3, -0.25) is 5.10 Å². The molecule has 2 nitrogen and oxygen atoms in total. The van der Waals surface area contributed by atoms with Crippen molar-refractivity contribution in [3.63, 3.8) is 0 Å². The van der Waals surface area contributed by atoms with Crippen molar-refractivity contribution in [2.75, 3.05) is 0 Å². The third kappa shape index (κ3) is 1.55. The third-order valence-electron chi connectivity index (χ3n) is 1.72. The zero-order valence-corrected chi connectivity index (χ0v) is 7.35. The number of H-pyrrole nitrogens is 1. The summed E-state index contributed by atoms with van der Waals surface area (Å²) in [7, 11) is 0. The van der Waals surface area contributed by atoms with Gasteiger partial charge in [0.25, 0.3) is 0 Å². The highest BCUT2D eigenvalue weighted by molar-refractivity contribution is 6.33. The second-order valence-corrected chi connectivity index (χ2v) is 3.00. The molecule has 2 aromatic rings. The van der Waals surface area contributed by atoms with Gasteiger partial charge in [-0.05, 0) is 24.3 Å². The Labute approximate surface area is 79.4 Å². The van der Waals surface area contributed by atoms with E-state index in [-0.39, 0.29) is 5.82 Å². The maximum Gasteiger partial charge on any atom is 0.123 e. The van der Waals surface area contributed by atoms with E-state index in [1.807, 2.05) is 0 Å². The number of benzene rings is 1. The third-order valence-corrected chi connectivity index (χ3v) is 2.05. The lowest BCUT2D eigenvalue weighted by Crippen LogP contribution is -1.82. The molecule has 1 heterocycles. The van der Waals surface area contributed by atoms with Gasteiger partial charge in [0.2, 0.25) is 0 Å². The number of aromatic amines is 1. The van der Waals surface area contributed by atoms with Crippen LogP contribution in [0, 0.1) is 5.82 Å². The topological polar surface area (TPSA) is 28.7 Å². The lowest BCUT2D eigenvalue weighted by molar-refractivity contribution is 0.628. The molecule has 0 atom stereocenters. The minimum absolute atomic E-state index is 0.311. The molecule has 0 bridgehead atoms. The minimum atomic E-state index is -0.311. The summed E-state index contributed by atoms with van der Waals surface area (Å²) in [5.41, 5.74) is 1.34. The summed E-state index contributed by atoms with van der Waals surface area (Å²) in [5, 5.41) is 6.99. The highest BCUT2D eigenvalue weighted by Gasteiger charge is 2.05. The molecule has 66 valence electrons. The van der Waals surface area contributed by atoms with Crippen LogP contribution in [0.1, 0.15) is 0 Å². The van der Waals surface area contributed by atoms with E-state index in [0.29, 0.717) is 16.3 Å². The van der Waals surface area contributed by atoms with Crippen molar-refractivity contribution in [2.45, 2.75) is 0 Å². The fourth-order valence-electron chi connectivity index (χ4n) is 1.11. The molecular weight excluding hydrogens is 191 g/mol. The van der Waals surface area contributed by atoms with Crippen molar-refractivity contribution >= 4 is 11.6 Å². The van der Waals surface area contributed by atoms with Crippen molar-refractivity contribution in [2.24, 2.45) is 0 Å². The molecule has 0 saturated carbocycles. The minimum Gasteiger partial charge on any atom is -0.278 e. The summed E-state index contributed by atoms with van der Waals surface area (Å²) in [6.45, 7) is 0. The van der Waals surface area contributed by atoms with Gasteiger partial charge < -0.3 is 0 Å². The van der Waals surface area contributed by atoms with Gasteiger partial charge in [0.15, 0.2) is 0 Å². The maximum atomic E-state index is 12.8. The molecule has 0 saturated heterocycles. The average Bonchev–Trinajstić information content (AvgIpc) is 2.61. The largest absolute Gasteiger partial charge is 0.278 e. The van der Waals surface area contributed by atoms with Crippen molar-refractivity contribution in [1.29, 1.82) is 0 Å². The number of aromatic nitrogens is 2. The first-order valence-corrected chi connectivity index (χ1v) is 4.10. The molecule has 1 aromatic carbocycles. The quantitative estimate of drug-likeness (QED) is 0.747. The predicted molar refractivity (Wildman–Crippen MR) is 49.0 cm³/mol. The van der Waals surface area contributed by atoms with Gasteiger partial charge in [-0.1, -0.05) is 11.6 Å². The SMILES string of the molecule is Fc1ccc(Cl)c(-c2ccn[nH]2)c1. The van der Waals surface area contributed by atoms with Gasteiger partial charge in [0.05, 0.1) is 10.7 Å². The number of hydrogen-bond donors (Lipinski definition) is 1. The number of halogens is 2. The van der Waals surface area contributed by atoms with Crippen molar-refractivity contribution in [1.82, 2.24) is 10.2 Å². The van der Waals surface area contributed by atoms with Crippen LogP contribution in [-0.4, -0.2) is 10.2 Å². The standard InChI is InChI=1S/C9H6ClFN2/c10-8-2-1-6(11)5-7(8)9-3-4-12-13-9/h1-5H,(H,12,13). The van der Waals surface area contributed by atoms with E-state index in [9.17, 15) is 4.39 Å². The van der Waals surface area contributed by atoms with E-state index in [0.717, 1.165) is 0 Å². The molecule has 1 aromatic heterocycles. The second kappa shape index (κ2) is 3.18. The summed E-state index contributed by atoms with van der Waals surface area (Å²) in [6.07, 6.45) is 1.59. The normalized spacial score (nSPS) is 10.3. The van der Waals surface area contributed by atoms with Crippen LogP contribution in [0.5, 0.6) is 0 Å². The van der Waals surface area contributed by atoms with Crippen molar-refractivity contribution < 1.29 is 4.39 Å². The van der Waals surface area contributed by atoms with Crippen LogP contribution in [0.15, 0.2) is 30.5 Å². The summed E-state index contributed by atoms with van der Waals surface area (Å²) < 4.78 is 12.8. The Bertz CT molecular complexity index is 412. The monoisotopic (exact) mass is 196 g/mol. The van der Waals surface area contributed by atoms with Crippen LogP contribution in [0.3, 0.4) is 0 Å². The Balaban J connectivity index is 2.57. The molecular formula is C9H6ClFN2. The van der Waals surface area contributed by atoms with E-state index in [4.69, 9.17) is 11.6 Å². The molecule has 0 aliphatic carbocycles. The van der Waals surface area contributed by atoms with Crippen LogP contribution in [0.25, 0.3) is 11.3 Å². The lowest BCUT2D eigenvalue weighted by Gasteiger charge is -2.00. The molecule has 0 amide bonds. The van der Waals surface area contributed by atoms with E-state index in [1.54, 1.807) is 12.3 Å². The molecule has 1 N–H and O–H groups in total. The number of nitrogens with zero attached hydrogens (tertiary/aromatic N) is 1. The van der Waals surface area contributed by atoms with E-state index in [1.165, 1.54) is 18.2 Å². The number of hydrogen-bond acceptors (Lipinski definition) is 1. The Morgan fingerprint density at radius 2 is 2.15 bits per heavy atom. The Kier molecular flexibility index (Phi) is 2.02. The van der Waals surface area contributed by atoms with Crippen LogP contribution < -0.4 is 0 Å². The Morgan fingerprint density at radius 1 is 1.31 bits per heavy atom. The first-order chi connectivity index (χ1) is 6.27. The van der Waals surface area contributed by atoms with Crippen LogP contribution in [0.2, 0.25) is 5.02 Å². The van der Waals surface area contributed by atoms with E-state index >= 15 is 0 Å². The second-order valence-electron chi connectivity index (χ2n) is 2.59. The van der Waals surface area contributed by atoms with Gasteiger partial charge in [-0.25, -0.2) is 4.39 Å². The summed E-state index contributed by atoms with van der Waals surface area (Å²) in [6, 6.07) is 5.95. The zero-order valence-electron chi connectivity index (χ0n) is 6.59. The predicted octanol–water partition coefficient (Wildman–Crippen LogP) is 2.87. The molecule has 0 aliphatic heterocycles. The van der Waals surface area contributed by atoms with Gasteiger partial charge >= 0.3 is 0 Å². The Hall–Kier alpha value is -1.35. The zero-order chi connectivity index (χ0) is 9.26. The van der Waals surface area contributed by atoms with Crippen LogP contribution >= 0.6 is 11.6 Å². The lowest BCUT2D eigenvalue weighted by atomic mass is 10.1. The molecule has 0 spiro atoms. The first-order valence-electron chi connectivity index (χ1n) is 3.72. The van der Waals surface area contributed by atoms with Gasteiger partial charge in [0.1, 0.15) is 5.82 Å². The molecule has 2 rings (SSSR count). The van der Waals surface area contributed by atoms with Crippen LogP contribution in [-0.2, 0) is 0 Å². The van der Waals surface area contributed by atoms with Gasteiger partial charge in [0, 0.05) is 11.8 Å². The smallest absolute Gasteiger partial charge is 0.123 e. The van der Waals surface area contributed by atoms with Gasteiger partial charge in [-0.2, -0.15) is 5.10 Å². The molecule has 4 heteroatoms. The average molecular weight is 197 g/mol.